The molecule has 0 bridgehead atoms. The molecule has 2 N–H and O–H groups in total. The maximum atomic E-state index is 13.0. The third-order valence-corrected chi connectivity index (χ3v) is 4.48. The number of nitrogens with two attached hydrogens (primary N) is 1. The average Bonchev–Trinajstić information content (AvgIpc) is 2.49. The number of carbonyl (C=O) groups excluding carboxylic acids is 1. The zero-order chi connectivity index (χ0) is 15.0. The number of halogens is 1. The van der Waals surface area contributed by atoms with Crippen LogP contribution >= 0.6 is 15.9 Å². The summed E-state index contributed by atoms with van der Waals surface area (Å²) in [5, 5.41) is 0. The van der Waals surface area contributed by atoms with Gasteiger partial charge in [0.2, 0.25) is 0 Å². The molecule has 4 heteroatoms. The van der Waals surface area contributed by atoms with Crippen LogP contribution in [0.2, 0.25) is 0 Å². The predicted octanol–water partition coefficient (Wildman–Crippen LogP) is 4.01. The van der Waals surface area contributed by atoms with Gasteiger partial charge in [-0.15, -0.1) is 0 Å². The van der Waals surface area contributed by atoms with Crippen LogP contribution in [0, 0.1) is 0 Å². The van der Waals surface area contributed by atoms with Gasteiger partial charge < -0.3 is 10.6 Å². The van der Waals surface area contributed by atoms with E-state index in [0.717, 1.165) is 23.0 Å². The summed E-state index contributed by atoms with van der Waals surface area (Å²) in [7, 11) is 0. The number of nitrogen functional groups attached to an aromatic ring is 1. The number of carbonyl (C=O) groups is 1. The molecule has 0 fully saturated rings. The summed E-state index contributed by atoms with van der Waals surface area (Å²) in [6.07, 6.45) is 1.98. The van der Waals surface area contributed by atoms with Gasteiger partial charge in [-0.1, -0.05) is 34.1 Å². The Balaban J connectivity index is 2.07. The molecule has 1 unspecified atom stereocenters. The maximum absolute atomic E-state index is 13.0. The van der Waals surface area contributed by atoms with Crippen molar-refractivity contribution in [2.45, 2.75) is 25.8 Å². The molecule has 0 aromatic heterocycles. The Kier molecular flexibility index (Phi) is 3.72. The first-order valence-electron chi connectivity index (χ1n) is 7.04. The lowest BCUT2D eigenvalue weighted by molar-refractivity contribution is 0.0976. The lowest BCUT2D eigenvalue weighted by Gasteiger charge is -2.35. The molecule has 1 amide bonds. The van der Waals surface area contributed by atoms with Gasteiger partial charge in [0.1, 0.15) is 0 Å². The van der Waals surface area contributed by atoms with E-state index in [1.807, 2.05) is 29.2 Å². The first kappa shape index (κ1) is 14.1. The van der Waals surface area contributed by atoms with E-state index in [1.54, 1.807) is 12.1 Å². The second kappa shape index (κ2) is 5.53. The van der Waals surface area contributed by atoms with Crippen LogP contribution in [0.3, 0.4) is 0 Å². The van der Waals surface area contributed by atoms with Crippen molar-refractivity contribution in [3.05, 3.63) is 58.1 Å². The van der Waals surface area contributed by atoms with E-state index in [0.29, 0.717) is 11.3 Å². The largest absolute Gasteiger partial charge is 0.398 e. The minimum absolute atomic E-state index is 0.0338. The molecule has 1 aliphatic rings. The van der Waals surface area contributed by atoms with Gasteiger partial charge in [0.05, 0.1) is 5.56 Å². The van der Waals surface area contributed by atoms with Crippen LogP contribution in [-0.2, 0) is 6.42 Å². The highest BCUT2D eigenvalue weighted by molar-refractivity contribution is 9.10. The monoisotopic (exact) mass is 344 g/mol. The molecule has 0 radical (unpaired) electrons. The highest BCUT2D eigenvalue weighted by atomic mass is 79.9. The molecule has 0 spiro atoms. The molecular formula is C17H17BrN2O. The van der Waals surface area contributed by atoms with E-state index in [1.165, 1.54) is 5.56 Å². The number of aryl methyl sites for hydroxylation is 1. The fourth-order valence-corrected chi connectivity index (χ4v) is 3.20. The number of nitrogens with zero attached hydrogens (tertiary/aromatic N) is 1. The van der Waals surface area contributed by atoms with Crippen molar-refractivity contribution in [1.29, 1.82) is 0 Å². The lowest BCUT2D eigenvalue weighted by atomic mass is 9.95. The molecule has 1 atom stereocenters. The van der Waals surface area contributed by atoms with E-state index >= 15 is 0 Å². The Bertz CT molecular complexity index is 699. The van der Waals surface area contributed by atoms with Crippen LogP contribution in [0.4, 0.5) is 11.4 Å². The van der Waals surface area contributed by atoms with Gasteiger partial charge in [0, 0.05) is 21.9 Å². The molecule has 1 heterocycles. The second-order valence-electron chi connectivity index (χ2n) is 5.42. The van der Waals surface area contributed by atoms with Crippen molar-refractivity contribution in [2.75, 3.05) is 10.6 Å². The molecule has 0 saturated heterocycles. The summed E-state index contributed by atoms with van der Waals surface area (Å²) in [6, 6.07) is 13.7. The van der Waals surface area contributed by atoms with Crippen LogP contribution in [0.15, 0.2) is 46.9 Å². The zero-order valence-electron chi connectivity index (χ0n) is 11.8. The molecule has 21 heavy (non-hydrogen) atoms. The Morgan fingerprint density at radius 2 is 2.05 bits per heavy atom. The highest BCUT2D eigenvalue weighted by Crippen LogP contribution is 2.33. The van der Waals surface area contributed by atoms with Crippen molar-refractivity contribution in [3.8, 4) is 0 Å². The van der Waals surface area contributed by atoms with Gasteiger partial charge in [0.15, 0.2) is 0 Å². The number of anilines is 2. The first-order valence-corrected chi connectivity index (χ1v) is 7.83. The first-order chi connectivity index (χ1) is 10.1. The van der Waals surface area contributed by atoms with Crippen molar-refractivity contribution < 1.29 is 4.79 Å². The Morgan fingerprint density at radius 3 is 2.86 bits per heavy atom. The van der Waals surface area contributed by atoms with E-state index in [2.05, 4.69) is 28.9 Å². The summed E-state index contributed by atoms with van der Waals surface area (Å²) >= 11 is 3.41. The van der Waals surface area contributed by atoms with Crippen LogP contribution in [0.5, 0.6) is 0 Å². The Hall–Kier alpha value is -1.81. The average molecular weight is 345 g/mol. The number of fused-ring (bicyclic) bond motifs is 1. The third-order valence-electron chi connectivity index (χ3n) is 3.99. The second-order valence-corrected chi connectivity index (χ2v) is 6.34. The lowest BCUT2D eigenvalue weighted by Crippen LogP contribution is -2.42. The summed E-state index contributed by atoms with van der Waals surface area (Å²) in [6.45, 7) is 2.09. The van der Waals surface area contributed by atoms with Crippen molar-refractivity contribution >= 4 is 33.2 Å². The molecule has 0 aliphatic carbocycles. The molecular weight excluding hydrogens is 328 g/mol. The number of hydrogen-bond acceptors (Lipinski definition) is 2. The SMILES string of the molecule is CC1CCc2ccccc2N1C(=O)c1cc(Br)ccc1N. The quantitative estimate of drug-likeness (QED) is 0.794. The van der Waals surface area contributed by atoms with Crippen LogP contribution < -0.4 is 10.6 Å². The van der Waals surface area contributed by atoms with Crippen molar-refractivity contribution in [3.63, 3.8) is 0 Å². The Morgan fingerprint density at radius 1 is 1.29 bits per heavy atom. The van der Waals surface area contributed by atoms with Gasteiger partial charge in [0.25, 0.3) is 5.91 Å². The summed E-state index contributed by atoms with van der Waals surface area (Å²) in [5.74, 6) is -0.0338. The fourth-order valence-electron chi connectivity index (χ4n) is 2.84. The standard InChI is InChI=1S/C17H17BrN2O/c1-11-6-7-12-4-2-3-5-16(12)20(11)17(21)14-10-13(18)8-9-15(14)19/h2-5,8-11H,6-7,19H2,1H3. The number of rotatable bonds is 1. The normalized spacial score (nSPS) is 17.4. The molecule has 3 rings (SSSR count). The number of benzene rings is 2. The molecule has 1 aliphatic heterocycles. The highest BCUT2D eigenvalue weighted by Gasteiger charge is 2.29. The van der Waals surface area contributed by atoms with Gasteiger partial charge >= 0.3 is 0 Å². The number of amides is 1. The molecule has 3 nitrogen and oxygen atoms in total. The zero-order valence-corrected chi connectivity index (χ0v) is 13.4. The van der Waals surface area contributed by atoms with Gasteiger partial charge in [-0.2, -0.15) is 0 Å². The maximum Gasteiger partial charge on any atom is 0.260 e. The smallest absolute Gasteiger partial charge is 0.260 e. The number of hydrogen-bond donors (Lipinski definition) is 1. The van der Waals surface area contributed by atoms with E-state index in [4.69, 9.17) is 5.73 Å². The summed E-state index contributed by atoms with van der Waals surface area (Å²) < 4.78 is 0.859. The van der Waals surface area contributed by atoms with Crippen molar-refractivity contribution in [1.82, 2.24) is 0 Å². The molecule has 0 saturated carbocycles. The fraction of sp³-hybridized carbons (Fsp3) is 0.235. The Labute approximate surface area is 132 Å². The molecule has 2 aromatic carbocycles. The van der Waals surface area contributed by atoms with Gasteiger partial charge in [-0.3, -0.25) is 4.79 Å². The summed E-state index contributed by atoms with van der Waals surface area (Å²) in [4.78, 5) is 14.8. The van der Waals surface area contributed by atoms with Crippen LogP contribution in [0.25, 0.3) is 0 Å². The van der Waals surface area contributed by atoms with E-state index < -0.39 is 0 Å². The van der Waals surface area contributed by atoms with Crippen molar-refractivity contribution in [2.24, 2.45) is 0 Å². The molecule has 2 aromatic rings. The van der Waals surface area contributed by atoms with Crippen LogP contribution in [-0.4, -0.2) is 11.9 Å². The van der Waals surface area contributed by atoms with Gasteiger partial charge in [-0.05, 0) is 49.6 Å². The predicted molar refractivity (Wildman–Crippen MR) is 89.6 cm³/mol. The third kappa shape index (κ3) is 2.56. The topological polar surface area (TPSA) is 46.3 Å². The minimum atomic E-state index is -0.0338. The number of para-hydroxylation sites is 1. The van der Waals surface area contributed by atoms with Gasteiger partial charge in [-0.25, -0.2) is 0 Å². The minimum Gasteiger partial charge on any atom is -0.398 e. The van der Waals surface area contributed by atoms with Crippen LogP contribution in [0.1, 0.15) is 29.3 Å². The molecule has 108 valence electrons. The summed E-state index contributed by atoms with van der Waals surface area (Å²) in [5.41, 5.74) is 9.28. The van der Waals surface area contributed by atoms with E-state index in [-0.39, 0.29) is 11.9 Å². The van der Waals surface area contributed by atoms with E-state index in [9.17, 15) is 4.79 Å².